The molecule has 0 bridgehead atoms. The number of amides is 1. The zero-order chi connectivity index (χ0) is 23.7. The molecule has 1 saturated heterocycles. The molecule has 8 nitrogen and oxygen atoms in total. The number of anilines is 1. The van der Waals surface area contributed by atoms with Gasteiger partial charge in [-0.15, -0.1) is 0 Å². The third-order valence-electron chi connectivity index (χ3n) is 5.50. The number of Topliss-reactive ketones (excluding diaryl/α,β-unsaturated/α-hetero) is 1. The zero-order valence-electron chi connectivity index (χ0n) is 17.9. The number of aliphatic hydroxyl groups excluding tert-OH is 1. The molecule has 8 heteroatoms. The van der Waals surface area contributed by atoms with E-state index >= 15 is 0 Å². The van der Waals surface area contributed by atoms with Crippen LogP contribution < -0.4 is 9.64 Å². The van der Waals surface area contributed by atoms with E-state index in [9.17, 15) is 24.8 Å². The van der Waals surface area contributed by atoms with Crippen LogP contribution in [0.4, 0.5) is 11.4 Å². The van der Waals surface area contributed by atoms with Crippen molar-refractivity contribution in [1.29, 1.82) is 0 Å². The van der Waals surface area contributed by atoms with Gasteiger partial charge in [0.05, 0.1) is 29.3 Å². The van der Waals surface area contributed by atoms with Crippen LogP contribution in [0.1, 0.15) is 22.7 Å². The SMILES string of the molecule is COc1ccccc1N1C(=O)C(=O)/C(=C(\O)c2ccc([N+](=O)[O-])cc2)C1c1cccc(C)c1. The number of hydrogen-bond donors (Lipinski definition) is 1. The third-order valence-corrected chi connectivity index (χ3v) is 5.50. The molecular weight excluding hydrogens is 424 g/mol. The maximum absolute atomic E-state index is 13.2. The Morgan fingerprint density at radius 3 is 2.36 bits per heavy atom. The molecule has 0 radical (unpaired) electrons. The van der Waals surface area contributed by atoms with Gasteiger partial charge in [0, 0.05) is 17.7 Å². The van der Waals surface area contributed by atoms with E-state index in [0.29, 0.717) is 17.0 Å². The molecule has 1 fully saturated rings. The molecule has 0 saturated carbocycles. The van der Waals surface area contributed by atoms with Crippen molar-refractivity contribution in [3.05, 3.63) is 105 Å². The summed E-state index contributed by atoms with van der Waals surface area (Å²) in [7, 11) is 1.47. The van der Waals surface area contributed by atoms with Crippen molar-refractivity contribution < 1.29 is 24.4 Å². The number of nitrogens with zero attached hydrogens (tertiary/aromatic N) is 2. The summed E-state index contributed by atoms with van der Waals surface area (Å²) in [5.74, 6) is -1.68. The van der Waals surface area contributed by atoms with Crippen LogP contribution in [0.5, 0.6) is 5.75 Å². The zero-order valence-corrected chi connectivity index (χ0v) is 17.9. The van der Waals surface area contributed by atoms with Crippen molar-refractivity contribution in [2.75, 3.05) is 12.0 Å². The van der Waals surface area contributed by atoms with Crippen LogP contribution in [-0.2, 0) is 9.59 Å². The number of nitro benzene ring substituents is 1. The van der Waals surface area contributed by atoms with Crippen molar-refractivity contribution in [2.45, 2.75) is 13.0 Å². The summed E-state index contributed by atoms with van der Waals surface area (Å²) in [4.78, 5) is 38.1. The Kier molecular flexibility index (Phi) is 5.66. The summed E-state index contributed by atoms with van der Waals surface area (Å²) < 4.78 is 5.42. The molecule has 3 aromatic carbocycles. The van der Waals surface area contributed by atoms with Gasteiger partial charge in [0.25, 0.3) is 17.4 Å². The number of methoxy groups -OCH3 is 1. The van der Waals surface area contributed by atoms with Crippen molar-refractivity contribution in [2.24, 2.45) is 0 Å². The number of ether oxygens (including phenoxy) is 1. The maximum Gasteiger partial charge on any atom is 0.300 e. The molecule has 1 atom stereocenters. The van der Waals surface area contributed by atoms with E-state index in [0.717, 1.165) is 5.56 Å². The van der Waals surface area contributed by atoms with Crippen LogP contribution >= 0.6 is 0 Å². The number of nitro groups is 1. The molecule has 0 aromatic heterocycles. The number of benzene rings is 3. The van der Waals surface area contributed by atoms with Gasteiger partial charge in [-0.1, -0.05) is 42.0 Å². The van der Waals surface area contributed by atoms with Gasteiger partial charge in [0.15, 0.2) is 0 Å². The Balaban J connectivity index is 1.95. The molecular formula is C25H20N2O6. The van der Waals surface area contributed by atoms with Crippen LogP contribution in [0.15, 0.2) is 78.4 Å². The molecule has 1 N–H and O–H groups in total. The lowest BCUT2D eigenvalue weighted by atomic mass is 9.94. The molecule has 33 heavy (non-hydrogen) atoms. The number of carbonyl (C=O) groups excluding carboxylic acids is 2. The van der Waals surface area contributed by atoms with Crippen LogP contribution in [0, 0.1) is 17.0 Å². The minimum absolute atomic E-state index is 0.106. The van der Waals surface area contributed by atoms with E-state index in [1.165, 1.54) is 36.3 Å². The van der Waals surface area contributed by atoms with E-state index in [1.807, 2.05) is 19.1 Å². The first-order valence-corrected chi connectivity index (χ1v) is 10.1. The third kappa shape index (κ3) is 3.82. The molecule has 1 aliphatic heterocycles. The summed E-state index contributed by atoms with van der Waals surface area (Å²) in [6.45, 7) is 1.88. The predicted molar refractivity (Wildman–Crippen MR) is 122 cm³/mol. The number of carbonyl (C=O) groups is 2. The first-order chi connectivity index (χ1) is 15.8. The number of rotatable bonds is 5. The molecule has 1 heterocycles. The van der Waals surface area contributed by atoms with Crippen LogP contribution in [0.3, 0.4) is 0 Å². The standard InChI is InChI=1S/C25H20N2O6/c1-15-6-5-7-17(14-15)22-21(23(28)16-10-12-18(13-11-16)27(31)32)24(29)25(30)26(22)19-8-3-4-9-20(19)33-2/h3-14,22,28H,1-2H3/b23-21-. The number of aryl methyl sites for hydroxylation is 1. The van der Waals surface area contributed by atoms with Crippen LogP contribution in [-0.4, -0.2) is 28.8 Å². The smallest absolute Gasteiger partial charge is 0.300 e. The average molecular weight is 444 g/mol. The second-order valence-electron chi connectivity index (χ2n) is 7.56. The lowest BCUT2D eigenvalue weighted by Gasteiger charge is -2.27. The van der Waals surface area contributed by atoms with Gasteiger partial charge in [0.2, 0.25) is 0 Å². The quantitative estimate of drug-likeness (QED) is 0.203. The molecule has 1 amide bonds. The Labute approximate surface area is 189 Å². The summed E-state index contributed by atoms with van der Waals surface area (Å²) >= 11 is 0. The maximum atomic E-state index is 13.2. The van der Waals surface area contributed by atoms with E-state index in [1.54, 1.807) is 36.4 Å². The van der Waals surface area contributed by atoms with Crippen molar-refractivity contribution in [1.82, 2.24) is 0 Å². The van der Waals surface area contributed by atoms with E-state index < -0.39 is 28.4 Å². The van der Waals surface area contributed by atoms with Gasteiger partial charge in [-0.05, 0) is 36.8 Å². The minimum atomic E-state index is -0.920. The number of aliphatic hydroxyl groups is 1. The van der Waals surface area contributed by atoms with Gasteiger partial charge >= 0.3 is 0 Å². The second kappa shape index (κ2) is 8.58. The lowest BCUT2D eigenvalue weighted by molar-refractivity contribution is -0.384. The van der Waals surface area contributed by atoms with Gasteiger partial charge in [0.1, 0.15) is 11.5 Å². The monoisotopic (exact) mass is 444 g/mol. The highest BCUT2D eigenvalue weighted by atomic mass is 16.6. The number of non-ortho nitro benzene ring substituents is 1. The molecule has 166 valence electrons. The molecule has 0 spiro atoms. The van der Waals surface area contributed by atoms with Gasteiger partial charge in [-0.3, -0.25) is 24.6 Å². The summed E-state index contributed by atoms with van der Waals surface area (Å²) in [5, 5.41) is 22.1. The fourth-order valence-electron chi connectivity index (χ4n) is 3.96. The Bertz CT molecular complexity index is 1300. The second-order valence-corrected chi connectivity index (χ2v) is 7.56. The predicted octanol–water partition coefficient (Wildman–Crippen LogP) is 4.54. The number of ketones is 1. The van der Waals surface area contributed by atoms with Crippen LogP contribution in [0.2, 0.25) is 0 Å². The van der Waals surface area contributed by atoms with E-state index in [4.69, 9.17) is 4.74 Å². The summed E-state index contributed by atoms with van der Waals surface area (Å²) in [5.41, 5.74) is 1.85. The first kappa shape index (κ1) is 21.8. The highest BCUT2D eigenvalue weighted by Crippen LogP contribution is 2.45. The largest absolute Gasteiger partial charge is 0.507 e. The average Bonchev–Trinajstić information content (AvgIpc) is 3.09. The molecule has 0 aliphatic carbocycles. The van der Waals surface area contributed by atoms with Crippen molar-refractivity contribution >= 4 is 28.8 Å². The van der Waals surface area contributed by atoms with Crippen LogP contribution in [0.25, 0.3) is 5.76 Å². The lowest BCUT2D eigenvalue weighted by Crippen LogP contribution is -2.29. The topological polar surface area (TPSA) is 110 Å². The summed E-state index contributed by atoms with van der Waals surface area (Å²) in [6, 6.07) is 18.3. The van der Waals surface area contributed by atoms with Crippen molar-refractivity contribution in [3.63, 3.8) is 0 Å². The number of para-hydroxylation sites is 2. The minimum Gasteiger partial charge on any atom is -0.507 e. The Hall–Kier alpha value is -4.46. The highest BCUT2D eigenvalue weighted by molar-refractivity contribution is 6.51. The molecule has 1 unspecified atom stereocenters. The van der Waals surface area contributed by atoms with Gasteiger partial charge in [-0.2, -0.15) is 0 Å². The number of hydrogen-bond acceptors (Lipinski definition) is 6. The highest BCUT2D eigenvalue weighted by Gasteiger charge is 2.47. The fourth-order valence-corrected chi connectivity index (χ4v) is 3.96. The van der Waals surface area contributed by atoms with Gasteiger partial charge < -0.3 is 9.84 Å². The Morgan fingerprint density at radius 1 is 1.03 bits per heavy atom. The normalized spacial score (nSPS) is 17.3. The van der Waals surface area contributed by atoms with E-state index in [-0.39, 0.29) is 16.8 Å². The molecule has 3 aromatic rings. The molecule has 1 aliphatic rings. The fraction of sp³-hybridized carbons (Fsp3) is 0.120. The van der Waals surface area contributed by atoms with Gasteiger partial charge in [-0.25, -0.2) is 0 Å². The van der Waals surface area contributed by atoms with E-state index in [2.05, 4.69) is 0 Å². The molecule has 4 rings (SSSR count). The first-order valence-electron chi connectivity index (χ1n) is 10.1. The summed E-state index contributed by atoms with van der Waals surface area (Å²) in [6.07, 6.45) is 0. The Morgan fingerprint density at radius 2 is 1.73 bits per heavy atom. The van der Waals surface area contributed by atoms with Crippen molar-refractivity contribution in [3.8, 4) is 5.75 Å².